The predicted octanol–water partition coefficient (Wildman–Crippen LogP) is 2.97. The van der Waals surface area contributed by atoms with Crippen LogP contribution >= 0.6 is 0 Å². The molecule has 10 heteroatoms. The third-order valence-corrected chi connectivity index (χ3v) is 3.16. The van der Waals surface area contributed by atoms with Crippen LogP contribution < -0.4 is 0 Å². The minimum absolute atomic E-state index is 0.434. The molecule has 0 fully saturated rings. The molecule has 0 saturated heterocycles. The van der Waals surface area contributed by atoms with Crippen LogP contribution in [0.15, 0.2) is 29.2 Å². The maximum atomic E-state index is 12.5. The van der Waals surface area contributed by atoms with Crippen LogP contribution in [0.1, 0.15) is 5.56 Å². The zero-order valence-corrected chi connectivity index (χ0v) is 9.73. The molecule has 0 N–H and O–H groups in total. The van der Waals surface area contributed by atoms with Crippen molar-refractivity contribution in [3.8, 4) is 0 Å². The van der Waals surface area contributed by atoms with Crippen molar-refractivity contribution < 1.29 is 38.9 Å². The van der Waals surface area contributed by atoms with Gasteiger partial charge in [-0.3, -0.25) is 4.18 Å². The van der Waals surface area contributed by atoms with Gasteiger partial charge < -0.3 is 0 Å². The van der Waals surface area contributed by atoms with Crippen molar-refractivity contribution >= 4 is 10.1 Å². The molecule has 0 aliphatic heterocycles. The molecule has 1 rings (SSSR count). The third kappa shape index (κ3) is 4.39. The van der Waals surface area contributed by atoms with E-state index in [1.807, 2.05) is 0 Å². The summed E-state index contributed by atoms with van der Waals surface area (Å²) >= 11 is 0. The molecule has 0 heterocycles. The van der Waals surface area contributed by atoms with Gasteiger partial charge in [0.05, 0.1) is 5.56 Å². The Morgan fingerprint density at radius 1 is 1.00 bits per heavy atom. The molecule has 0 aromatic heterocycles. The van der Waals surface area contributed by atoms with Crippen molar-refractivity contribution in [3.63, 3.8) is 0 Å². The lowest BCUT2D eigenvalue weighted by molar-refractivity contribution is -0.152. The molecule has 0 radical (unpaired) electrons. The van der Waals surface area contributed by atoms with Crippen LogP contribution in [0.5, 0.6) is 0 Å². The van der Waals surface area contributed by atoms with Crippen LogP contribution in [0.2, 0.25) is 0 Å². The first kappa shape index (κ1) is 15.8. The maximum Gasteiger partial charge on any atom is 0.417 e. The average molecular weight is 308 g/mol. The first-order valence-electron chi connectivity index (χ1n) is 4.56. The number of benzene rings is 1. The third-order valence-electron chi connectivity index (χ3n) is 1.84. The van der Waals surface area contributed by atoms with Gasteiger partial charge in [-0.05, 0) is 12.1 Å². The number of hydrogen-bond donors (Lipinski definition) is 0. The van der Waals surface area contributed by atoms with Gasteiger partial charge in [-0.15, -0.1) is 0 Å². The Bertz CT molecular complexity index is 546. The van der Waals surface area contributed by atoms with Crippen LogP contribution in [0, 0.1) is 0 Å². The van der Waals surface area contributed by atoms with Crippen LogP contribution in [-0.2, 0) is 20.5 Å². The van der Waals surface area contributed by atoms with Crippen molar-refractivity contribution in [2.24, 2.45) is 0 Å². The lowest BCUT2D eigenvalue weighted by Gasteiger charge is -2.13. The summed E-state index contributed by atoms with van der Waals surface area (Å²) in [5.41, 5.74) is -1.59. The molecule has 0 amide bonds. The van der Waals surface area contributed by atoms with Gasteiger partial charge in [-0.2, -0.15) is 34.8 Å². The highest BCUT2D eigenvalue weighted by molar-refractivity contribution is 7.86. The standard InChI is InChI=1S/C9H6F6O3S/c10-8(11,12)5-18-19(16,17)7-4-2-1-3-6(7)9(13,14)15/h1-4H,5H2. The first-order chi connectivity index (χ1) is 8.43. The summed E-state index contributed by atoms with van der Waals surface area (Å²) in [4.78, 5) is -1.35. The summed E-state index contributed by atoms with van der Waals surface area (Å²) in [5, 5.41) is 0. The quantitative estimate of drug-likeness (QED) is 0.637. The Labute approximate surface area is 103 Å². The summed E-state index contributed by atoms with van der Waals surface area (Å²) in [6.07, 6.45) is -9.99. The highest BCUT2D eigenvalue weighted by Crippen LogP contribution is 2.34. The molecular formula is C9H6F6O3S. The highest BCUT2D eigenvalue weighted by Gasteiger charge is 2.39. The van der Waals surface area contributed by atoms with Gasteiger partial charge in [-0.1, -0.05) is 12.1 Å². The number of alkyl halides is 6. The molecule has 0 spiro atoms. The zero-order chi connectivity index (χ0) is 14.9. The van der Waals surface area contributed by atoms with E-state index in [9.17, 15) is 34.8 Å². The summed E-state index contributed by atoms with van der Waals surface area (Å²) in [6, 6.07) is 2.81. The first-order valence-corrected chi connectivity index (χ1v) is 5.97. The van der Waals surface area contributed by atoms with Crippen LogP contribution in [0.3, 0.4) is 0 Å². The number of rotatable bonds is 3. The fourth-order valence-electron chi connectivity index (χ4n) is 1.13. The van der Waals surface area contributed by atoms with Gasteiger partial charge >= 0.3 is 12.4 Å². The van der Waals surface area contributed by atoms with Crippen LogP contribution in [0.25, 0.3) is 0 Å². The van der Waals surface area contributed by atoms with E-state index in [4.69, 9.17) is 0 Å². The molecule has 0 aliphatic rings. The Kier molecular flexibility index (Phi) is 4.15. The van der Waals surface area contributed by atoms with Crippen molar-refractivity contribution in [2.45, 2.75) is 17.2 Å². The summed E-state index contributed by atoms with van der Waals surface area (Å²) in [7, 11) is -5.15. The molecule has 0 atom stereocenters. The Hall–Kier alpha value is -1.29. The molecule has 19 heavy (non-hydrogen) atoms. The molecule has 0 saturated carbocycles. The van der Waals surface area contributed by atoms with Gasteiger partial charge in [0.1, 0.15) is 4.90 Å². The second-order valence-electron chi connectivity index (χ2n) is 3.33. The normalized spacial score (nSPS) is 13.6. The van der Waals surface area contributed by atoms with Gasteiger partial charge in [0.25, 0.3) is 10.1 Å². The van der Waals surface area contributed by atoms with Crippen molar-refractivity contribution in [1.29, 1.82) is 0 Å². The van der Waals surface area contributed by atoms with Gasteiger partial charge in [-0.25, -0.2) is 0 Å². The molecular weight excluding hydrogens is 302 g/mol. The number of hydrogen-bond acceptors (Lipinski definition) is 3. The van der Waals surface area contributed by atoms with Crippen molar-refractivity contribution in [2.75, 3.05) is 6.61 Å². The lowest BCUT2D eigenvalue weighted by Crippen LogP contribution is -2.22. The van der Waals surface area contributed by atoms with E-state index < -0.39 is 39.5 Å². The van der Waals surface area contributed by atoms with Gasteiger partial charge in [0.2, 0.25) is 0 Å². The lowest BCUT2D eigenvalue weighted by atomic mass is 10.2. The van der Waals surface area contributed by atoms with E-state index in [0.29, 0.717) is 12.1 Å². The topological polar surface area (TPSA) is 43.4 Å². The molecule has 0 unspecified atom stereocenters. The van der Waals surface area contributed by atoms with Crippen LogP contribution in [0.4, 0.5) is 26.3 Å². The molecule has 1 aromatic carbocycles. The Morgan fingerprint density at radius 3 is 2.00 bits per heavy atom. The fraction of sp³-hybridized carbons (Fsp3) is 0.333. The second-order valence-corrected chi connectivity index (χ2v) is 4.91. The van der Waals surface area contributed by atoms with Crippen molar-refractivity contribution in [1.82, 2.24) is 0 Å². The van der Waals surface area contributed by atoms with E-state index in [1.54, 1.807) is 0 Å². The van der Waals surface area contributed by atoms with E-state index in [-0.39, 0.29) is 0 Å². The van der Waals surface area contributed by atoms with E-state index in [2.05, 4.69) is 4.18 Å². The van der Waals surface area contributed by atoms with E-state index >= 15 is 0 Å². The maximum absolute atomic E-state index is 12.5. The molecule has 0 bridgehead atoms. The summed E-state index contributed by atoms with van der Waals surface area (Å²) in [6.45, 7) is -2.19. The molecule has 108 valence electrons. The number of halogens is 6. The molecule has 1 aromatic rings. The molecule has 3 nitrogen and oxygen atoms in total. The Balaban J connectivity index is 3.16. The van der Waals surface area contributed by atoms with Gasteiger partial charge in [0, 0.05) is 0 Å². The smallest absolute Gasteiger partial charge is 0.257 e. The fourth-order valence-corrected chi connectivity index (χ4v) is 2.24. The van der Waals surface area contributed by atoms with Crippen molar-refractivity contribution in [3.05, 3.63) is 29.8 Å². The monoisotopic (exact) mass is 308 g/mol. The predicted molar refractivity (Wildman–Crippen MR) is 50.6 cm³/mol. The van der Waals surface area contributed by atoms with E-state index in [0.717, 1.165) is 12.1 Å². The molecule has 0 aliphatic carbocycles. The average Bonchev–Trinajstić information content (AvgIpc) is 2.25. The zero-order valence-electron chi connectivity index (χ0n) is 8.92. The summed E-state index contributed by atoms with van der Waals surface area (Å²) in [5.74, 6) is 0. The second kappa shape index (κ2) is 5.00. The SMILES string of the molecule is O=S(=O)(OCC(F)(F)F)c1ccccc1C(F)(F)F. The minimum Gasteiger partial charge on any atom is -0.257 e. The Morgan fingerprint density at radius 2 is 1.53 bits per heavy atom. The van der Waals surface area contributed by atoms with Gasteiger partial charge in [0.15, 0.2) is 6.61 Å². The highest BCUT2D eigenvalue weighted by atomic mass is 32.2. The van der Waals surface area contributed by atoms with Crippen LogP contribution in [-0.4, -0.2) is 21.2 Å². The minimum atomic E-state index is -5.15. The largest absolute Gasteiger partial charge is 0.417 e. The van der Waals surface area contributed by atoms with E-state index in [1.165, 1.54) is 0 Å². The summed E-state index contributed by atoms with van der Waals surface area (Å²) < 4.78 is 99.2.